The van der Waals surface area contributed by atoms with Crippen molar-refractivity contribution in [1.82, 2.24) is 4.90 Å². The summed E-state index contributed by atoms with van der Waals surface area (Å²) in [6.07, 6.45) is 1.81. The molecule has 19 heavy (non-hydrogen) atoms. The number of benzene rings is 1. The molecular weight excluding hydrogens is 238 g/mol. The van der Waals surface area contributed by atoms with Gasteiger partial charge in [0.2, 0.25) is 0 Å². The van der Waals surface area contributed by atoms with Crippen LogP contribution in [0.3, 0.4) is 0 Å². The van der Waals surface area contributed by atoms with Crippen molar-refractivity contribution in [2.75, 3.05) is 13.1 Å². The molecule has 1 heterocycles. The highest BCUT2D eigenvalue weighted by Gasteiger charge is 2.25. The predicted molar refractivity (Wildman–Crippen MR) is 77.8 cm³/mol. The van der Waals surface area contributed by atoms with Crippen LogP contribution in [0.15, 0.2) is 24.3 Å². The fourth-order valence-corrected chi connectivity index (χ4v) is 2.44. The molecule has 1 aromatic rings. The highest BCUT2D eigenvalue weighted by Crippen LogP contribution is 2.28. The van der Waals surface area contributed by atoms with Crippen LogP contribution in [0.25, 0.3) is 0 Å². The van der Waals surface area contributed by atoms with Crippen molar-refractivity contribution in [3.8, 4) is 5.75 Å². The summed E-state index contributed by atoms with van der Waals surface area (Å²) >= 11 is 0. The van der Waals surface area contributed by atoms with Crippen LogP contribution in [0.4, 0.5) is 0 Å². The van der Waals surface area contributed by atoms with Gasteiger partial charge in [0.25, 0.3) is 0 Å². The number of nitrogens with one attached hydrogen (secondary N) is 1. The SMILES string of the molecule is CC(C)N(CCC(=N)N)CC1Cc2ccccc2O1. The van der Waals surface area contributed by atoms with Crippen LogP contribution in [0.1, 0.15) is 25.8 Å². The minimum absolute atomic E-state index is 0.215. The number of ether oxygens (including phenoxy) is 1. The zero-order chi connectivity index (χ0) is 13.8. The van der Waals surface area contributed by atoms with Gasteiger partial charge < -0.3 is 10.5 Å². The molecule has 0 bridgehead atoms. The molecule has 0 saturated heterocycles. The third-order valence-corrected chi connectivity index (χ3v) is 3.55. The summed E-state index contributed by atoms with van der Waals surface area (Å²) in [5.74, 6) is 1.27. The fraction of sp³-hybridized carbons (Fsp3) is 0.533. The van der Waals surface area contributed by atoms with Crippen molar-refractivity contribution in [3.63, 3.8) is 0 Å². The van der Waals surface area contributed by atoms with Gasteiger partial charge in [-0.25, -0.2) is 0 Å². The van der Waals surface area contributed by atoms with Gasteiger partial charge >= 0.3 is 0 Å². The average Bonchev–Trinajstić information content (AvgIpc) is 2.76. The molecule has 1 atom stereocenters. The number of hydrogen-bond acceptors (Lipinski definition) is 3. The summed E-state index contributed by atoms with van der Waals surface area (Å²) in [7, 11) is 0. The van der Waals surface area contributed by atoms with E-state index >= 15 is 0 Å². The van der Waals surface area contributed by atoms with Gasteiger partial charge in [0.1, 0.15) is 11.9 Å². The lowest BCUT2D eigenvalue weighted by Gasteiger charge is -2.28. The third kappa shape index (κ3) is 3.70. The van der Waals surface area contributed by atoms with Crippen molar-refractivity contribution < 1.29 is 4.74 Å². The zero-order valence-corrected chi connectivity index (χ0v) is 11.7. The number of fused-ring (bicyclic) bond motifs is 1. The van der Waals surface area contributed by atoms with Gasteiger partial charge in [-0.2, -0.15) is 0 Å². The molecule has 1 unspecified atom stereocenters. The molecule has 3 N–H and O–H groups in total. The molecule has 0 aliphatic carbocycles. The summed E-state index contributed by atoms with van der Waals surface area (Å²) in [5.41, 5.74) is 6.74. The van der Waals surface area contributed by atoms with Crippen molar-refractivity contribution >= 4 is 5.84 Å². The Morgan fingerprint density at radius 2 is 2.21 bits per heavy atom. The third-order valence-electron chi connectivity index (χ3n) is 3.55. The summed E-state index contributed by atoms with van der Waals surface area (Å²) in [6, 6.07) is 8.67. The first kappa shape index (κ1) is 13.9. The second-order valence-corrected chi connectivity index (χ2v) is 5.42. The Kier molecular flexibility index (Phi) is 4.43. The highest BCUT2D eigenvalue weighted by atomic mass is 16.5. The van der Waals surface area contributed by atoms with Crippen LogP contribution >= 0.6 is 0 Å². The molecule has 1 aromatic carbocycles. The topological polar surface area (TPSA) is 62.3 Å². The molecule has 104 valence electrons. The standard InChI is InChI=1S/C15H23N3O/c1-11(2)18(8-7-15(16)17)10-13-9-12-5-3-4-6-14(12)19-13/h3-6,11,13H,7-10H2,1-2H3,(H3,16,17). The van der Waals surface area contributed by atoms with E-state index in [-0.39, 0.29) is 11.9 Å². The second kappa shape index (κ2) is 6.06. The first-order chi connectivity index (χ1) is 9.06. The monoisotopic (exact) mass is 261 g/mol. The summed E-state index contributed by atoms with van der Waals surface area (Å²) in [4.78, 5) is 2.33. The van der Waals surface area contributed by atoms with Crippen LogP contribution in [-0.4, -0.2) is 36.0 Å². The van der Waals surface area contributed by atoms with E-state index in [1.807, 2.05) is 12.1 Å². The lowest BCUT2D eigenvalue weighted by atomic mass is 10.1. The molecule has 0 saturated carbocycles. The number of para-hydroxylation sites is 1. The van der Waals surface area contributed by atoms with Crippen LogP contribution in [-0.2, 0) is 6.42 Å². The summed E-state index contributed by atoms with van der Waals surface area (Å²) in [5, 5.41) is 7.34. The first-order valence-corrected chi connectivity index (χ1v) is 6.87. The molecule has 2 rings (SSSR count). The molecule has 0 aromatic heterocycles. The molecule has 4 nitrogen and oxygen atoms in total. The van der Waals surface area contributed by atoms with Crippen molar-refractivity contribution in [2.45, 2.75) is 38.8 Å². The van der Waals surface area contributed by atoms with Gasteiger partial charge in [0.05, 0.1) is 5.84 Å². The van der Waals surface area contributed by atoms with E-state index in [1.54, 1.807) is 0 Å². The van der Waals surface area contributed by atoms with E-state index < -0.39 is 0 Å². The number of amidine groups is 1. The van der Waals surface area contributed by atoms with Gasteiger partial charge in [-0.05, 0) is 25.5 Å². The molecule has 4 heteroatoms. The van der Waals surface area contributed by atoms with Crippen LogP contribution in [0, 0.1) is 5.41 Å². The molecule has 0 spiro atoms. The Balaban J connectivity index is 1.91. The molecular formula is C15H23N3O. The number of rotatable bonds is 6. The predicted octanol–water partition coefficient (Wildman–Crippen LogP) is 2.03. The largest absolute Gasteiger partial charge is 0.488 e. The van der Waals surface area contributed by atoms with E-state index in [9.17, 15) is 0 Å². The second-order valence-electron chi connectivity index (χ2n) is 5.42. The van der Waals surface area contributed by atoms with Crippen LogP contribution < -0.4 is 10.5 Å². The Labute approximate surface area is 115 Å². The Hall–Kier alpha value is -1.55. The zero-order valence-electron chi connectivity index (χ0n) is 11.7. The van der Waals surface area contributed by atoms with Crippen LogP contribution in [0.5, 0.6) is 5.75 Å². The van der Waals surface area contributed by atoms with Gasteiger partial charge in [0, 0.05) is 32.0 Å². The number of hydrogen-bond donors (Lipinski definition) is 2. The number of nitrogens with zero attached hydrogens (tertiary/aromatic N) is 1. The molecule has 1 aliphatic rings. The van der Waals surface area contributed by atoms with E-state index in [1.165, 1.54) is 5.56 Å². The van der Waals surface area contributed by atoms with Crippen molar-refractivity contribution in [2.24, 2.45) is 5.73 Å². The molecule has 0 fully saturated rings. The Morgan fingerprint density at radius 3 is 2.84 bits per heavy atom. The van der Waals surface area contributed by atoms with E-state index in [2.05, 4.69) is 30.9 Å². The van der Waals surface area contributed by atoms with Crippen molar-refractivity contribution in [1.29, 1.82) is 5.41 Å². The smallest absolute Gasteiger partial charge is 0.123 e. The van der Waals surface area contributed by atoms with E-state index in [0.717, 1.165) is 25.3 Å². The van der Waals surface area contributed by atoms with E-state index in [0.29, 0.717) is 12.5 Å². The highest BCUT2D eigenvalue weighted by molar-refractivity contribution is 5.76. The maximum Gasteiger partial charge on any atom is 0.123 e. The minimum Gasteiger partial charge on any atom is -0.488 e. The first-order valence-electron chi connectivity index (χ1n) is 6.87. The molecule has 1 aliphatic heterocycles. The van der Waals surface area contributed by atoms with Gasteiger partial charge in [-0.3, -0.25) is 10.3 Å². The Bertz CT molecular complexity index is 420. The lowest BCUT2D eigenvalue weighted by Crippen LogP contribution is -2.40. The fourth-order valence-electron chi connectivity index (χ4n) is 2.44. The van der Waals surface area contributed by atoms with Crippen molar-refractivity contribution in [3.05, 3.63) is 29.8 Å². The quantitative estimate of drug-likeness (QED) is 0.608. The van der Waals surface area contributed by atoms with Gasteiger partial charge in [0.15, 0.2) is 0 Å². The number of nitrogens with two attached hydrogens (primary N) is 1. The Morgan fingerprint density at radius 1 is 1.47 bits per heavy atom. The normalized spacial score (nSPS) is 17.6. The minimum atomic E-state index is 0.215. The van der Waals surface area contributed by atoms with Gasteiger partial charge in [-0.15, -0.1) is 0 Å². The average molecular weight is 261 g/mol. The summed E-state index contributed by atoms with van der Waals surface area (Å²) in [6.45, 7) is 6.05. The summed E-state index contributed by atoms with van der Waals surface area (Å²) < 4.78 is 5.97. The lowest BCUT2D eigenvalue weighted by molar-refractivity contribution is 0.130. The maximum absolute atomic E-state index is 7.34. The van der Waals surface area contributed by atoms with Gasteiger partial charge in [-0.1, -0.05) is 18.2 Å². The molecule has 0 radical (unpaired) electrons. The molecule has 0 amide bonds. The maximum atomic E-state index is 7.34. The van der Waals surface area contributed by atoms with Crippen LogP contribution in [0.2, 0.25) is 0 Å². The van der Waals surface area contributed by atoms with E-state index in [4.69, 9.17) is 15.9 Å².